The Morgan fingerprint density at radius 3 is 3.25 bits per heavy atom. The summed E-state index contributed by atoms with van der Waals surface area (Å²) >= 11 is 7.22. The number of carbonyl (C=O) groups excluding carboxylic acids is 1. The zero-order valence-electron chi connectivity index (χ0n) is 8.77. The highest BCUT2D eigenvalue weighted by Crippen LogP contribution is 2.26. The molecule has 0 bridgehead atoms. The van der Waals surface area contributed by atoms with Gasteiger partial charge < -0.3 is 15.0 Å². The van der Waals surface area contributed by atoms with Gasteiger partial charge in [0.2, 0.25) is 5.91 Å². The fraction of sp³-hybridized carbons (Fsp3) is 0.556. The molecule has 1 N–H and O–H groups in total. The molecular formula is C9H12ClN3O2S. The summed E-state index contributed by atoms with van der Waals surface area (Å²) in [4.78, 5) is 17.8. The lowest BCUT2D eigenvalue weighted by atomic mass is 10.2. The predicted molar refractivity (Wildman–Crippen MR) is 63.1 cm³/mol. The Labute approximate surface area is 102 Å². The Morgan fingerprint density at radius 1 is 1.81 bits per heavy atom. The fourth-order valence-electron chi connectivity index (χ4n) is 1.59. The molecule has 1 fully saturated rings. The molecule has 1 aromatic heterocycles. The molecule has 2 heterocycles. The van der Waals surface area contributed by atoms with Crippen LogP contribution in [0.4, 0.5) is 5.13 Å². The number of ether oxygens (including phenoxy) is 1. The Kier molecular flexibility index (Phi) is 3.63. The molecule has 1 aromatic rings. The van der Waals surface area contributed by atoms with Gasteiger partial charge in [0.15, 0.2) is 5.13 Å². The molecule has 1 amide bonds. The minimum atomic E-state index is -0.319. The van der Waals surface area contributed by atoms with E-state index in [2.05, 4.69) is 10.3 Å². The van der Waals surface area contributed by atoms with E-state index in [1.807, 2.05) is 4.90 Å². The number of aromatic nitrogens is 1. The number of likely N-dealkylation sites (N-methyl/N-ethyl adjacent to an activating group) is 1. The second-order valence-electron chi connectivity index (χ2n) is 3.35. The van der Waals surface area contributed by atoms with E-state index in [0.717, 1.165) is 5.13 Å². The fourth-order valence-corrected chi connectivity index (χ4v) is 2.62. The van der Waals surface area contributed by atoms with Crippen LogP contribution in [-0.4, -0.2) is 43.7 Å². The van der Waals surface area contributed by atoms with E-state index < -0.39 is 0 Å². The van der Waals surface area contributed by atoms with Gasteiger partial charge in [-0.05, 0) is 0 Å². The van der Waals surface area contributed by atoms with Crippen molar-refractivity contribution in [3.8, 4) is 0 Å². The molecule has 1 aliphatic rings. The van der Waals surface area contributed by atoms with Crippen LogP contribution in [0.3, 0.4) is 0 Å². The summed E-state index contributed by atoms with van der Waals surface area (Å²) in [5, 5.41) is 5.61. The molecule has 7 heteroatoms. The summed E-state index contributed by atoms with van der Waals surface area (Å²) in [6.07, 6.45) is 0. The predicted octanol–water partition coefficient (Wildman–Crippen LogP) is 0.748. The average Bonchev–Trinajstić information content (AvgIpc) is 2.75. The maximum absolute atomic E-state index is 11.7. The first-order valence-electron chi connectivity index (χ1n) is 4.89. The van der Waals surface area contributed by atoms with Crippen molar-refractivity contribution < 1.29 is 9.53 Å². The summed E-state index contributed by atoms with van der Waals surface area (Å²) in [5.74, 6) is -0.0639. The van der Waals surface area contributed by atoms with Crippen LogP contribution in [0.5, 0.6) is 0 Å². The third-order valence-electron chi connectivity index (χ3n) is 2.39. The molecule has 0 radical (unpaired) electrons. The van der Waals surface area contributed by atoms with E-state index >= 15 is 0 Å². The molecule has 0 spiro atoms. The molecule has 0 aliphatic carbocycles. The van der Waals surface area contributed by atoms with Crippen molar-refractivity contribution in [2.75, 3.05) is 31.7 Å². The third-order valence-corrected chi connectivity index (χ3v) is 3.59. The van der Waals surface area contributed by atoms with E-state index in [-0.39, 0.29) is 11.9 Å². The highest BCUT2D eigenvalue weighted by molar-refractivity contribution is 7.14. The van der Waals surface area contributed by atoms with Crippen molar-refractivity contribution in [1.29, 1.82) is 0 Å². The molecule has 5 nitrogen and oxygen atoms in total. The van der Waals surface area contributed by atoms with Gasteiger partial charge in [-0.25, -0.2) is 4.98 Å². The minimum Gasteiger partial charge on any atom is -0.377 e. The van der Waals surface area contributed by atoms with Crippen LogP contribution in [-0.2, 0) is 9.53 Å². The second-order valence-corrected chi connectivity index (χ2v) is 4.57. The van der Waals surface area contributed by atoms with Gasteiger partial charge in [-0.15, -0.1) is 11.3 Å². The number of amides is 1. The van der Waals surface area contributed by atoms with Gasteiger partial charge >= 0.3 is 0 Å². The largest absolute Gasteiger partial charge is 0.377 e. The molecule has 1 unspecified atom stereocenters. The minimum absolute atomic E-state index is 0.0639. The first-order chi connectivity index (χ1) is 7.72. The van der Waals surface area contributed by atoms with Gasteiger partial charge in [-0.1, -0.05) is 11.6 Å². The molecule has 0 saturated carbocycles. The van der Waals surface area contributed by atoms with Crippen LogP contribution in [0, 0.1) is 0 Å². The van der Waals surface area contributed by atoms with Crippen LogP contribution in [0.1, 0.15) is 0 Å². The van der Waals surface area contributed by atoms with E-state index in [1.165, 1.54) is 11.3 Å². The molecule has 1 atom stereocenters. The van der Waals surface area contributed by atoms with E-state index in [0.29, 0.717) is 24.9 Å². The quantitative estimate of drug-likeness (QED) is 0.854. The standard InChI is InChI=1S/C9H12ClN3O2S/c1-11-8(14)6-4-15-3-2-13(6)9-12-7(10)5-16-9/h5-6H,2-4H2,1H3,(H,11,14). The van der Waals surface area contributed by atoms with E-state index in [4.69, 9.17) is 16.3 Å². The molecule has 1 saturated heterocycles. The number of halogens is 1. The third kappa shape index (κ3) is 2.28. The molecule has 16 heavy (non-hydrogen) atoms. The van der Waals surface area contributed by atoms with Crippen molar-refractivity contribution in [3.05, 3.63) is 10.5 Å². The van der Waals surface area contributed by atoms with Gasteiger partial charge in [-0.2, -0.15) is 0 Å². The number of carbonyl (C=O) groups is 1. The first-order valence-corrected chi connectivity index (χ1v) is 6.15. The van der Waals surface area contributed by atoms with Gasteiger partial charge in [0.05, 0.1) is 13.2 Å². The van der Waals surface area contributed by atoms with Gasteiger partial charge in [0.25, 0.3) is 0 Å². The number of hydrogen-bond donors (Lipinski definition) is 1. The summed E-state index contributed by atoms with van der Waals surface area (Å²) in [6.45, 7) is 1.64. The van der Waals surface area contributed by atoms with Gasteiger partial charge in [0.1, 0.15) is 11.2 Å². The molecule has 2 rings (SSSR count). The van der Waals surface area contributed by atoms with Gasteiger partial charge in [-0.3, -0.25) is 4.79 Å². The maximum atomic E-state index is 11.7. The lowest BCUT2D eigenvalue weighted by Crippen LogP contribution is -2.53. The van der Waals surface area contributed by atoms with Crippen LogP contribution < -0.4 is 10.2 Å². The number of hydrogen-bond acceptors (Lipinski definition) is 5. The van der Waals surface area contributed by atoms with E-state index in [1.54, 1.807) is 12.4 Å². The Hall–Kier alpha value is -0.850. The number of anilines is 1. The van der Waals surface area contributed by atoms with Crippen LogP contribution >= 0.6 is 22.9 Å². The van der Waals surface area contributed by atoms with Crippen LogP contribution in [0.2, 0.25) is 5.15 Å². The Balaban J connectivity index is 2.19. The van der Waals surface area contributed by atoms with Crippen LogP contribution in [0.15, 0.2) is 5.38 Å². The second kappa shape index (κ2) is 4.99. The molecule has 88 valence electrons. The number of rotatable bonds is 2. The Bertz CT molecular complexity index is 385. The summed E-state index contributed by atoms with van der Waals surface area (Å²) < 4.78 is 5.30. The van der Waals surface area contributed by atoms with Crippen molar-refractivity contribution >= 4 is 34.0 Å². The monoisotopic (exact) mass is 261 g/mol. The highest BCUT2D eigenvalue weighted by Gasteiger charge is 2.30. The van der Waals surface area contributed by atoms with Gasteiger partial charge in [0, 0.05) is 19.0 Å². The van der Waals surface area contributed by atoms with Crippen molar-refractivity contribution in [2.45, 2.75) is 6.04 Å². The van der Waals surface area contributed by atoms with Crippen molar-refractivity contribution in [3.63, 3.8) is 0 Å². The maximum Gasteiger partial charge on any atom is 0.244 e. The summed E-state index contributed by atoms with van der Waals surface area (Å²) in [5.41, 5.74) is 0. The number of nitrogens with zero attached hydrogens (tertiary/aromatic N) is 2. The van der Waals surface area contributed by atoms with Crippen LogP contribution in [0.25, 0.3) is 0 Å². The zero-order valence-corrected chi connectivity index (χ0v) is 10.3. The normalized spacial score (nSPS) is 20.9. The SMILES string of the molecule is CNC(=O)C1COCCN1c1nc(Cl)cs1. The molecule has 1 aliphatic heterocycles. The van der Waals surface area contributed by atoms with E-state index in [9.17, 15) is 4.79 Å². The Morgan fingerprint density at radius 2 is 2.62 bits per heavy atom. The lowest BCUT2D eigenvalue weighted by Gasteiger charge is -2.33. The lowest BCUT2D eigenvalue weighted by molar-refractivity contribution is -0.124. The smallest absolute Gasteiger partial charge is 0.244 e. The van der Waals surface area contributed by atoms with Crippen molar-refractivity contribution in [2.24, 2.45) is 0 Å². The topological polar surface area (TPSA) is 54.5 Å². The first kappa shape index (κ1) is 11.6. The number of thiazole rings is 1. The number of morpholine rings is 1. The van der Waals surface area contributed by atoms with Crippen molar-refractivity contribution in [1.82, 2.24) is 10.3 Å². The highest BCUT2D eigenvalue weighted by atomic mass is 35.5. The average molecular weight is 262 g/mol. The molecular weight excluding hydrogens is 250 g/mol. The molecule has 0 aromatic carbocycles. The summed E-state index contributed by atoms with van der Waals surface area (Å²) in [7, 11) is 1.62. The summed E-state index contributed by atoms with van der Waals surface area (Å²) in [6, 6.07) is -0.319. The zero-order chi connectivity index (χ0) is 11.5. The number of nitrogens with one attached hydrogen (secondary N) is 1.